The van der Waals surface area contributed by atoms with Gasteiger partial charge in [0, 0.05) is 19.1 Å². The fraction of sp³-hybridized carbons (Fsp3) is 0.538. The van der Waals surface area contributed by atoms with E-state index in [1.165, 1.54) is 0 Å². The molecule has 1 aromatic rings. The van der Waals surface area contributed by atoms with Gasteiger partial charge in [-0.05, 0) is 25.6 Å². The molecule has 1 atom stereocenters. The summed E-state index contributed by atoms with van der Waals surface area (Å²) in [6.45, 7) is 3.46. The highest BCUT2D eigenvalue weighted by Crippen LogP contribution is 2.28. The number of benzene rings is 1. The summed E-state index contributed by atoms with van der Waals surface area (Å²) in [5.74, 6) is 0.146. The predicted octanol–water partition coefficient (Wildman–Crippen LogP) is 1.28. The molecule has 0 amide bonds. The molecule has 1 aliphatic rings. The number of hydrogen-bond acceptors (Lipinski definition) is 4. The van der Waals surface area contributed by atoms with Gasteiger partial charge in [-0.15, -0.1) is 0 Å². The zero-order chi connectivity index (χ0) is 13.2. The van der Waals surface area contributed by atoms with Crippen molar-refractivity contribution < 1.29 is 8.42 Å². The minimum Gasteiger partial charge on any atom is -0.369 e. The van der Waals surface area contributed by atoms with Gasteiger partial charge in [-0.1, -0.05) is 19.1 Å². The number of likely N-dealkylation sites (N-methyl/N-ethyl adjacent to an activating group) is 1. The van der Waals surface area contributed by atoms with Crippen molar-refractivity contribution in [2.75, 3.05) is 30.8 Å². The van der Waals surface area contributed by atoms with Crippen molar-refractivity contribution in [1.29, 1.82) is 0 Å². The quantitative estimate of drug-likeness (QED) is 0.893. The molecule has 0 bridgehead atoms. The third kappa shape index (κ3) is 2.52. The minimum absolute atomic E-state index is 0.146. The maximum Gasteiger partial charge on any atom is 0.180 e. The molecule has 100 valence electrons. The van der Waals surface area contributed by atoms with Gasteiger partial charge in [0.15, 0.2) is 9.84 Å². The van der Waals surface area contributed by atoms with Crippen molar-refractivity contribution in [3.8, 4) is 0 Å². The molecule has 1 N–H and O–H groups in total. The second kappa shape index (κ2) is 5.28. The van der Waals surface area contributed by atoms with Gasteiger partial charge in [0.2, 0.25) is 0 Å². The lowest BCUT2D eigenvalue weighted by Gasteiger charge is -2.21. The molecule has 4 nitrogen and oxygen atoms in total. The Morgan fingerprint density at radius 1 is 1.39 bits per heavy atom. The first kappa shape index (κ1) is 13.4. The van der Waals surface area contributed by atoms with Crippen molar-refractivity contribution in [2.24, 2.45) is 0 Å². The molecule has 1 unspecified atom stereocenters. The lowest BCUT2D eigenvalue weighted by atomic mass is 10.3. The largest absolute Gasteiger partial charge is 0.369 e. The van der Waals surface area contributed by atoms with Gasteiger partial charge in [-0.25, -0.2) is 8.42 Å². The van der Waals surface area contributed by atoms with E-state index in [1.54, 1.807) is 19.1 Å². The van der Waals surface area contributed by atoms with Gasteiger partial charge in [-0.2, -0.15) is 0 Å². The SMILES string of the molecule is CCS(=O)(=O)c1ccccc1N1CCC(NC)C1. The first-order chi connectivity index (χ1) is 8.58. The van der Waals surface area contributed by atoms with E-state index in [2.05, 4.69) is 10.2 Å². The third-order valence-corrected chi connectivity index (χ3v) is 5.29. The van der Waals surface area contributed by atoms with Crippen LogP contribution in [0, 0.1) is 0 Å². The molecule has 5 heteroatoms. The van der Waals surface area contributed by atoms with E-state index in [0.717, 1.165) is 25.2 Å². The summed E-state index contributed by atoms with van der Waals surface area (Å²) in [7, 11) is -1.21. The molecule has 1 aromatic carbocycles. The number of sulfone groups is 1. The fourth-order valence-electron chi connectivity index (χ4n) is 2.35. The first-order valence-electron chi connectivity index (χ1n) is 6.32. The Balaban J connectivity index is 2.35. The molecule has 1 fully saturated rings. The summed E-state index contributed by atoms with van der Waals surface area (Å²) in [6.07, 6.45) is 1.05. The molecule has 0 aliphatic carbocycles. The van der Waals surface area contributed by atoms with E-state index < -0.39 is 9.84 Å². The van der Waals surface area contributed by atoms with Gasteiger partial charge < -0.3 is 10.2 Å². The zero-order valence-electron chi connectivity index (χ0n) is 10.9. The van der Waals surface area contributed by atoms with Gasteiger partial charge in [0.1, 0.15) is 0 Å². The van der Waals surface area contributed by atoms with Crippen LogP contribution in [0.15, 0.2) is 29.2 Å². The van der Waals surface area contributed by atoms with E-state index in [9.17, 15) is 8.42 Å². The maximum absolute atomic E-state index is 12.1. The summed E-state index contributed by atoms with van der Waals surface area (Å²) >= 11 is 0. The average Bonchev–Trinajstić information content (AvgIpc) is 2.87. The first-order valence-corrected chi connectivity index (χ1v) is 7.97. The minimum atomic E-state index is -3.15. The smallest absolute Gasteiger partial charge is 0.180 e. The van der Waals surface area contributed by atoms with Crippen LogP contribution >= 0.6 is 0 Å². The van der Waals surface area contributed by atoms with E-state index in [1.807, 2.05) is 19.2 Å². The second-order valence-corrected chi connectivity index (χ2v) is 6.84. The van der Waals surface area contributed by atoms with Gasteiger partial charge >= 0.3 is 0 Å². The molecule has 0 aromatic heterocycles. The number of nitrogens with one attached hydrogen (secondary N) is 1. The number of para-hydroxylation sites is 1. The summed E-state index contributed by atoms with van der Waals surface area (Å²) in [4.78, 5) is 2.62. The van der Waals surface area contributed by atoms with Crippen LogP contribution in [0.1, 0.15) is 13.3 Å². The third-order valence-electron chi connectivity index (χ3n) is 3.52. The molecule has 1 heterocycles. The normalized spacial score (nSPS) is 20.3. The fourth-order valence-corrected chi connectivity index (χ4v) is 3.46. The highest BCUT2D eigenvalue weighted by atomic mass is 32.2. The molecular formula is C13H20N2O2S. The van der Waals surface area contributed by atoms with E-state index in [-0.39, 0.29) is 5.75 Å². The monoisotopic (exact) mass is 268 g/mol. The van der Waals surface area contributed by atoms with Gasteiger partial charge in [0.05, 0.1) is 16.3 Å². The van der Waals surface area contributed by atoms with Gasteiger partial charge in [-0.3, -0.25) is 0 Å². The van der Waals surface area contributed by atoms with E-state index in [0.29, 0.717) is 10.9 Å². The van der Waals surface area contributed by atoms with Crippen LogP contribution in [0.5, 0.6) is 0 Å². The van der Waals surface area contributed by atoms with Crippen LogP contribution in [0.4, 0.5) is 5.69 Å². The van der Waals surface area contributed by atoms with Crippen molar-refractivity contribution in [2.45, 2.75) is 24.3 Å². The lowest BCUT2D eigenvalue weighted by Crippen LogP contribution is -2.30. The van der Waals surface area contributed by atoms with Crippen molar-refractivity contribution >= 4 is 15.5 Å². The summed E-state index contributed by atoms with van der Waals surface area (Å²) in [5.41, 5.74) is 0.845. The van der Waals surface area contributed by atoms with Crippen LogP contribution in [-0.2, 0) is 9.84 Å². The van der Waals surface area contributed by atoms with Crippen molar-refractivity contribution in [3.63, 3.8) is 0 Å². The Labute approximate surface area is 109 Å². The molecule has 18 heavy (non-hydrogen) atoms. The number of rotatable bonds is 4. The van der Waals surface area contributed by atoms with Crippen LogP contribution in [-0.4, -0.2) is 40.3 Å². The predicted molar refractivity (Wildman–Crippen MR) is 73.8 cm³/mol. The molecule has 1 saturated heterocycles. The molecule has 0 saturated carbocycles. The van der Waals surface area contributed by atoms with Gasteiger partial charge in [0.25, 0.3) is 0 Å². The average molecular weight is 268 g/mol. The highest BCUT2D eigenvalue weighted by molar-refractivity contribution is 7.91. The van der Waals surface area contributed by atoms with Crippen LogP contribution < -0.4 is 10.2 Å². The second-order valence-electron chi connectivity index (χ2n) is 4.59. The van der Waals surface area contributed by atoms with Crippen LogP contribution in [0.3, 0.4) is 0 Å². The van der Waals surface area contributed by atoms with Crippen LogP contribution in [0.2, 0.25) is 0 Å². The number of hydrogen-bond donors (Lipinski definition) is 1. The Morgan fingerprint density at radius 2 is 2.11 bits per heavy atom. The van der Waals surface area contributed by atoms with E-state index >= 15 is 0 Å². The Kier molecular flexibility index (Phi) is 3.92. The molecule has 0 spiro atoms. The maximum atomic E-state index is 12.1. The standard InChI is InChI=1S/C13H20N2O2S/c1-3-18(16,17)13-7-5-4-6-12(13)15-9-8-11(10-15)14-2/h4-7,11,14H,3,8-10H2,1-2H3. The van der Waals surface area contributed by atoms with E-state index in [4.69, 9.17) is 0 Å². The van der Waals surface area contributed by atoms with Crippen LogP contribution in [0.25, 0.3) is 0 Å². The van der Waals surface area contributed by atoms with Crippen molar-refractivity contribution in [1.82, 2.24) is 5.32 Å². The lowest BCUT2D eigenvalue weighted by molar-refractivity contribution is 0.596. The highest BCUT2D eigenvalue weighted by Gasteiger charge is 2.26. The molecule has 2 rings (SSSR count). The number of anilines is 1. The Hall–Kier alpha value is -1.07. The summed E-state index contributed by atoms with van der Waals surface area (Å²) in [5, 5.41) is 3.24. The Bertz CT molecular complexity index is 513. The molecular weight excluding hydrogens is 248 g/mol. The summed E-state index contributed by atoms with van der Waals surface area (Å²) < 4.78 is 24.2. The van der Waals surface area contributed by atoms with Crippen molar-refractivity contribution in [3.05, 3.63) is 24.3 Å². The summed E-state index contributed by atoms with van der Waals surface area (Å²) in [6, 6.07) is 7.75. The number of nitrogens with zero attached hydrogens (tertiary/aromatic N) is 1. The molecule has 0 radical (unpaired) electrons. The topological polar surface area (TPSA) is 49.4 Å². The Morgan fingerprint density at radius 3 is 2.72 bits per heavy atom. The molecule has 1 aliphatic heterocycles. The zero-order valence-corrected chi connectivity index (χ0v) is 11.7.